The van der Waals surface area contributed by atoms with Gasteiger partial charge in [0.1, 0.15) is 0 Å². The number of aryl methyl sites for hydroxylation is 1. The zero-order chi connectivity index (χ0) is 13.7. The fourth-order valence-electron chi connectivity index (χ4n) is 1.94. The van der Waals surface area contributed by atoms with Gasteiger partial charge in [-0.1, -0.05) is 48.5 Å². The van der Waals surface area contributed by atoms with Crippen molar-refractivity contribution in [1.29, 1.82) is 5.41 Å². The predicted octanol–water partition coefficient (Wildman–Crippen LogP) is 4.15. The molecule has 0 aliphatic rings. The van der Waals surface area contributed by atoms with Crippen LogP contribution in [0.5, 0.6) is 0 Å². The van der Waals surface area contributed by atoms with Gasteiger partial charge in [0.05, 0.1) is 5.84 Å². The van der Waals surface area contributed by atoms with Gasteiger partial charge in [-0.05, 0) is 24.1 Å². The summed E-state index contributed by atoms with van der Waals surface area (Å²) in [6, 6.07) is 18.6. The molecule has 0 aromatic heterocycles. The SMILES string of the molecule is Cc1ccccc1SC(CC(=N)N)c1ccccc1. The van der Waals surface area contributed by atoms with Crippen LogP contribution in [0.3, 0.4) is 0 Å². The molecule has 0 fully saturated rings. The number of benzene rings is 2. The van der Waals surface area contributed by atoms with Gasteiger partial charge in [0.25, 0.3) is 0 Å². The van der Waals surface area contributed by atoms with E-state index in [1.807, 2.05) is 30.3 Å². The summed E-state index contributed by atoms with van der Waals surface area (Å²) in [7, 11) is 0. The van der Waals surface area contributed by atoms with Crippen LogP contribution in [0.1, 0.15) is 22.8 Å². The topological polar surface area (TPSA) is 49.9 Å². The molecule has 0 heterocycles. The lowest BCUT2D eigenvalue weighted by Crippen LogP contribution is -2.13. The third-order valence-corrected chi connectivity index (χ3v) is 4.37. The number of amidine groups is 1. The summed E-state index contributed by atoms with van der Waals surface area (Å²) in [6.45, 7) is 2.11. The second-order valence-corrected chi connectivity index (χ2v) is 5.76. The van der Waals surface area contributed by atoms with Crippen molar-refractivity contribution in [3.05, 3.63) is 65.7 Å². The molecule has 2 rings (SSSR count). The Bertz CT molecular complexity index is 552. The summed E-state index contributed by atoms with van der Waals surface area (Å²) in [6.07, 6.45) is 0.572. The van der Waals surface area contributed by atoms with Crippen molar-refractivity contribution in [2.24, 2.45) is 5.73 Å². The Labute approximate surface area is 118 Å². The highest BCUT2D eigenvalue weighted by atomic mass is 32.2. The van der Waals surface area contributed by atoms with E-state index < -0.39 is 0 Å². The summed E-state index contributed by atoms with van der Waals surface area (Å²) in [5.74, 6) is 0.231. The van der Waals surface area contributed by atoms with Gasteiger partial charge < -0.3 is 5.73 Å². The number of hydrogen-bond acceptors (Lipinski definition) is 2. The van der Waals surface area contributed by atoms with Crippen molar-refractivity contribution < 1.29 is 0 Å². The number of hydrogen-bond donors (Lipinski definition) is 2. The molecule has 1 atom stereocenters. The molecule has 0 radical (unpaired) electrons. The molecular formula is C16H18N2S. The van der Waals surface area contributed by atoms with Gasteiger partial charge in [-0.2, -0.15) is 0 Å². The molecule has 3 N–H and O–H groups in total. The summed E-state index contributed by atoms with van der Waals surface area (Å²) in [5.41, 5.74) is 8.07. The fraction of sp³-hybridized carbons (Fsp3) is 0.188. The van der Waals surface area contributed by atoms with Gasteiger partial charge in [-0.25, -0.2) is 0 Å². The molecule has 2 aromatic carbocycles. The predicted molar refractivity (Wildman–Crippen MR) is 82.8 cm³/mol. The zero-order valence-corrected chi connectivity index (χ0v) is 11.8. The minimum Gasteiger partial charge on any atom is -0.388 e. The second kappa shape index (κ2) is 6.43. The summed E-state index contributed by atoms with van der Waals surface area (Å²) >= 11 is 1.78. The highest BCUT2D eigenvalue weighted by molar-refractivity contribution is 7.99. The maximum absolute atomic E-state index is 7.56. The molecule has 0 bridgehead atoms. The smallest absolute Gasteiger partial charge is 0.0920 e. The third kappa shape index (κ3) is 3.86. The first kappa shape index (κ1) is 13.7. The Morgan fingerprint density at radius 3 is 2.37 bits per heavy atom. The molecule has 0 saturated carbocycles. The van der Waals surface area contributed by atoms with Crippen LogP contribution in [0.4, 0.5) is 0 Å². The van der Waals surface area contributed by atoms with Crippen LogP contribution in [0.25, 0.3) is 0 Å². The molecule has 0 saturated heterocycles. The Morgan fingerprint density at radius 1 is 1.11 bits per heavy atom. The summed E-state index contributed by atoms with van der Waals surface area (Å²) in [5, 5.41) is 7.75. The minimum atomic E-state index is 0.194. The van der Waals surface area contributed by atoms with Crippen LogP contribution in [0.15, 0.2) is 59.5 Å². The largest absolute Gasteiger partial charge is 0.388 e. The van der Waals surface area contributed by atoms with Crippen molar-refractivity contribution in [2.75, 3.05) is 0 Å². The van der Waals surface area contributed by atoms with Gasteiger partial charge in [-0.3, -0.25) is 5.41 Å². The summed E-state index contributed by atoms with van der Waals surface area (Å²) < 4.78 is 0. The van der Waals surface area contributed by atoms with E-state index in [1.54, 1.807) is 11.8 Å². The highest BCUT2D eigenvalue weighted by Gasteiger charge is 2.15. The van der Waals surface area contributed by atoms with E-state index >= 15 is 0 Å². The quantitative estimate of drug-likeness (QED) is 0.487. The lowest BCUT2D eigenvalue weighted by Gasteiger charge is -2.17. The molecule has 2 aromatic rings. The van der Waals surface area contributed by atoms with Crippen molar-refractivity contribution in [3.63, 3.8) is 0 Å². The molecule has 0 amide bonds. The Morgan fingerprint density at radius 2 is 1.74 bits per heavy atom. The first-order valence-corrected chi connectivity index (χ1v) is 7.15. The van der Waals surface area contributed by atoms with Gasteiger partial charge in [-0.15, -0.1) is 11.8 Å². The van der Waals surface area contributed by atoms with Crippen LogP contribution in [-0.4, -0.2) is 5.84 Å². The molecule has 2 nitrogen and oxygen atoms in total. The van der Waals surface area contributed by atoms with E-state index in [0.29, 0.717) is 6.42 Å². The molecule has 98 valence electrons. The second-order valence-electron chi connectivity index (χ2n) is 4.51. The number of nitrogens with two attached hydrogens (primary N) is 1. The van der Waals surface area contributed by atoms with Crippen LogP contribution in [0, 0.1) is 12.3 Å². The molecule has 0 aliphatic carbocycles. The van der Waals surface area contributed by atoms with Crippen LogP contribution in [-0.2, 0) is 0 Å². The third-order valence-electron chi connectivity index (χ3n) is 2.94. The van der Waals surface area contributed by atoms with E-state index in [1.165, 1.54) is 16.0 Å². The van der Waals surface area contributed by atoms with Crippen molar-refractivity contribution in [1.82, 2.24) is 0 Å². The maximum atomic E-state index is 7.56. The monoisotopic (exact) mass is 270 g/mol. The first-order chi connectivity index (χ1) is 9.16. The average Bonchev–Trinajstić information content (AvgIpc) is 2.41. The lowest BCUT2D eigenvalue weighted by atomic mass is 10.1. The van der Waals surface area contributed by atoms with Crippen molar-refractivity contribution >= 4 is 17.6 Å². The molecule has 0 spiro atoms. The first-order valence-electron chi connectivity index (χ1n) is 6.27. The molecular weight excluding hydrogens is 252 g/mol. The molecule has 0 aliphatic heterocycles. The number of rotatable bonds is 5. The van der Waals surface area contributed by atoms with Gasteiger partial charge in [0.15, 0.2) is 0 Å². The van der Waals surface area contributed by atoms with E-state index in [9.17, 15) is 0 Å². The lowest BCUT2D eigenvalue weighted by molar-refractivity contribution is 0.983. The van der Waals surface area contributed by atoms with Gasteiger partial charge >= 0.3 is 0 Å². The van der Waals surface area contributed by atoms with E-state index in [0.717, 1.165) is 0 Å². The highest BCUT2D eigenvalue weighted by Crippen LogP contribution is 2.38. The van der Waals surface area contributed by atoms with Crippen molar-refractivity contribution in [2.45, 2.75) is 23.5 Å². The molecule has 3 heteroatoms. The normalized spacial score (nSPS) is 12.1. The standard InChI is InChI=1S/C16H18N2S/c1-12-7-5-6-10-14(12)19-15(11-16(17)18)13-8-3-2-4-9-13/h2-10,15H,11H2,1H3,(H3,17,18). The van der Waals surface area contributed by atoms with E-state index in [4.69, 9.17) is 11.1 Å². The fourth-order valence-corrected chi connectivity index (χ4v) is 3.21. The maximum Gasteiger partial charge on any atom is 0.0920 e. The Hall–Kier alpha value is -1.74. The number of thioether (sulfide) groups is 1. The van der Waals surface area contributed by atoms with Crippen LogP contribution in [0.2, 0.25) is 0 Å². The van der Waals surface area contributed by atoms with Crippen molar-refractivity contribution in [3.8, 4) is 0 Å². The molecule has 19 heavy (non-hydrogen) atoms. The minimum absolute atomic E-state index is 0.194. The average molecular weight is 270 g/mol. The van der Waals surface area contributed by atoms with Crippen LogP contribution < -0.4 is 5.73 Å². The van der Waals surface area contributed by atoms with E-state index in [2.05, 4.69) is 31.2 Å². The van der Waals surface area contributed by atoms with Crippen LogP contribution >= 0.6 is 11.8 Å². The van der Waals surface area contributed by atoms with Gasteiger partial charge in [0.2, 0.25) is 0 Å². The zero-order valence-electron chi connectivity index (χ0n) is 11.0. The Kier molecular flexibility index (Phi) is 4.63. The number of nitrogens with one attached hydrogen (secondary N) is 1. The van der Waals surface area contributed by atoms with E-state index in [-0.39, 0.29) is 11.1 Å². The Balaban J connectivity index is 2.24. The molecule has 1 unspecified atom stereocenters. The van der Waals surface area contributed by atoms with Gasteiger partial charge in [0, 0.05) is 16.6 Å². The summed E-state index contributed by atoms with van der Waals surface area (Å²) in [4.78, 5) is 1.25.